The molecular weight excluding hydrogens is 265 g/mol. The molecule has 1 fully saturated rings. The second-order valence-electron chi connectivity index (χ2n) is 4.94. The molecule has 0 unspecified atom stereocenters. The Morgan fingerprint density at radius 1 is 1.42 bits per heavy atom. The summed E-state index contributed by atoms with van der Waals surface area (Å²) in [4.78, 5) is 0. The number of rotatable bonds is 5. The summed E-state index contributed by atoms with van der Waals surface area (Å²) < 4.78 is 15.4. The van der Waals surface area contributed by atoms with E-state index in [2.05, 4.69) is 10.4 Å². The first-order valence-electron chi connectivity index (χ1n) is 6.39. The fourth-order valence-electron chi connectivity index (χ4n) is 1.96. The van der Waals surface area contributed by atoms with Crippen LogP contribution < -0.4 is 5.32 Å². The zero-order valence-electron chi connectivity index (χ0n) is 10.4. The maximum absolute atomic E-state index is 13.7. The van der Waals surface area contributed by atoms with Crippen molar-refractivity contribution in [3.63, 3.8) is 0 Å². The van der Waals surface area contributed by atoms with Gasteiger partial charge >= 0.3 is 0 Å². The smallest absolute Gasteiger partial charge is 0.129 e. The maximum atomic E-state index is 13.7. The minimum absolute atomic E-state index is 0.291. The van der Waals surface area contributed by atoms with Crippen LogP contribution in [-0.4, -0.2) is 15.8 Å². The lowest BCUT2D eigenvalue weighted by atomic mass is 10.2. The SMILES string of the molecule is Fc1cc(Cl)ccc1Cn1cc(CNC2CC2)cn1. The molecule has 0 amide bonds. The van der Waals surface area contributed by atoms with Crippen LogP contribution in [0.25, 0.3) is 0 Å². The Morgan fingerprint density at radius 3 is 3.00 bits per heavy atom. The van der Waals surface area contributed by atoms with Crippen LogP contribution in [0.1, 0.15) is 24.0 Å². The maximum Gasteiger partial charge on any atom is 0.129 e. The van der Waals surface area contributed by atoms with Crippen molar-refractivity contribution in [3.05, 3.63) is 52.6 Å². The highest BCUT2D eigenvalue weighted by Gasteiger charge is 2.20. The predicted octanol–water partition coefficient (Wildman–Crippen LogP) is 2.98. The lowest BCUT2D eigenvalue weighted by molar-refractivity contribution is 0.585. The van der Waals surface area contributed by atoms with Crippen molar-refractivity contribution < 1.29 is 4.39 Å². The van der Waals surface area contributed by atoms with Crippen LogP contribution in [0.3, 0.4) is 0 Å². The van der Waals surface area contributed by atoms with E-state index in [4.69, 9.17) is 11.6 Å². The number of aromatic nitrogens is 2. The fourth-order valence-corrected chi connectivity index (χ4v) is 2.12. The van der Waals surface area contributed by atoms with Gasteiger partial charge in [-0.2, -0.15) is 5.10 Å². The van der Waals surface area contributed by atoms with Gasteiger partial charge in [0, 0.05) is 34.9 Å². The third-order valence-electron chi connectivity index (χ3n) is 3.21. The summed E-state index contributed by atoms with van der Waals surface area (Å²) in [7, 11) is 0. The Bertz CT molecular complexity index is 578. The Morgan fingerprint density at radius 2 is 2.26 bits per heavy atom. The van der Waals surface area contributed by atoms with Crippen molar-refractivity contribution in [2.24, 2.45) is 0 Å². The number of benzene rings is 1. The van der Waals surface area contributed by atoms with Crippen molar-refractivity contribution in [3.8, 4) is 0 Å². The summed E-state index contributed by atoms with van der Waals surface area (Å²) in [6, 6.07) is 5.40. The number of hydrogen-bond donors (Lipinski definition) is 1. The zero-order valence-corrected chi connectivity index (χ0v) is 11.2. The van der Waals surface area contributed by atoms with Gasteiger partial charge in [0.25, 0.3) is 0 Å². The Labute approximate surface area is 116 Å². The van der Waals surface area contributed by atoms with Crippen molar-refractivity contribution in [2.45, 2.75) is 32.0 Å². The second-order valence-corrected chi connectivity index (χ2v) is 5.37. The van der Waals surface area contributed by atoms with Crippen LogP contribution in [0, 0.1) is 5.82 Å². The molecule has 19 heavy (non-hydrogen) atoms. The van der Waals surface area contributed by atoms with E-state index >= 15 is 0 Å². The van der Waals surface area contributed by atoms with Crippen LogP contribution >= 0.6 is 11.6 Å². The number of hydrogen-bond acceptors (Lipinski definition) is 2. The molecule has 0 bridgehead atoms. The number of nitrogens with one attached hydrogen (secondary N) is 1. The number of nitrogens with zero attached hydrogens (tertiary/aromatic N) is 2. The lowest BCUT2D eigenvalue weighted by Gasteiger charge is -2.04. The van der Waals surface area contributed by atoms with Gasteiger partial charge in [-0.3, -0.25) is 4.68 Å². The van der Waals surface area contributed by atoms with Crippen molar-refractivity contribution in [2.75, 3.05) is 0 Å². The molecule has 2 aromatic rings. The van der Waals surface area contributed by atoms with E-state index < -0.39 is 0 Å². The Hall–Kier alpha value is -1.39. The molecule has 1 aliphatic rings. The van der Waals surface area contributed by atoms with E-state index in [-0.39, 0.29) is 5.82 Å². The van der Waals surface area contributed by atoms with Gasteiger partial charge in [-0.25, -0.2) is 4.39 Å². The van der Waals surface area contributed by atoms with Crippen LogP contribution in [-0.2, 0) is 13.1 Å². The lowest BCUT2D eigenvalue weighted by Crippen LogP contribution is -2.14. The summed E-state index contributed by atoms with van der Waals surface area (Å²) in [6.07, 6.45) is 6.31. The fraction of sp³-hybridized carbons (Fsp3) is 0.357. The first-order chi connectivity index (χ1) is 9.20. The van der Waals surface area contributed by atoms with Crippen molar-refractivity contribution in [1.29, 1.82) is 0 Å². The van der Waals surface area contributed by atoms with Gasteiger partial charge in [-0.05, 0) is 25.0 Å². The topological polar surface area (TPSA) is 29.9 Å². The molecule has 0 spiro atoms. The first kappa shape index (κ1) is 12.6. The van der Waals surface area contributed by atoms with Gasteiger partial charge in [0.15, 0.2) is 0 Å². The first-order valence-corrected chi connectivity index (χ1v) is 6.77. The summed E-state index contributed by atoms with van der Waals surface area (Å²) in [5.41, 5.74) is 1.72. The van der Waals surface area contributed by atoms with Gasteiger partial charge < -0.3 is 5.32 Å². The minimum atomic E-state index is -0.291. The molecule has 0 atom stereocenters. The Balaban J connectivity index is 1.65. The van der Waals surface area contributed by atoms with Gasteiger partial charge in [-0.1, -0.05) is 17.7 Å². The van der Waals surface area contributed by atoms with E-state index in [9.17, 15) is 4.39 Å². The monoisotopic (exact) mass is 279 g/mol. The van der Waals surface area contributed by atoms with Gasteiger partial charge in [0.2, 0.25) is 0 Å². The molecule has 1 aromatic heterocycles. The molecule has 1 aliphatic carbocycles. The summed E-state index contributed by atoms with van der Waals surface area (Å²) in [5.74, 6) is -0.291. The average Bonchev–Trinajstić information content (AvgIpc) is 3.10. The third-order valence-corrected chi connectivity index (χ3v) is 3.44. The van der Waals surface area contributed by atoms with Gasteiger partial charge in [0.1, 0.15) is 5.82 Å². The van der Waals surface area contributed by atoms with Crippen LogP contribution in [0.5, 0.6) is 0 Å². The largest absolute Gasteiger partial charge is 0.310 e. The molecule has 100 valence electrons. The highest BCUT2D eigenvalue weighted by Crippen LogP contribution is 2.19. The summed E-state index contributed by atoms with van der Waals surface area (Å²) >= 11 is 5.73. The normalized spacial score (nSPS) is 14.8. The molecule has 3 rings (SSSR count). The van der Waals surface area contributed by atoms with E-state index in [1.165, 1.54) is 18.9 Å². The molecule has 0 radical (unpaired) electrons. The zero-order chi connectivity index (χ0) is 13.2. The molecule has 1 saturated carbocycles. The highest BCUT2D eigenvalue weighted by molar-refractivity contribution is 6.30. The predicted molar refractivity (Wildman–Crippen MR) is 72.6 cm³/mol. The summed E-state index contributed by atoms with van der Waals surface area (Å²) in [5, 5.41) is 8.09. The Kier molecular flexibility index (Phi) is 3.53. The van der Waals surface area contributed by atoms with Crippen LogP contribution in [0.15, 0.2) is 30.6 Å². The summed E-state index contributed by atoms with van der Waals surface area (Å²) in [6.45, 7) is 1.25. The number of halogens is 2. The molecule has 1 heterocycles. The van der Waals surface area contributed by atoms with Crippen LogP contribution in [0.2, 0.25) is 5.02 Å². The van der Waals surface area contributed by atoms with E-state index in [1.54, 1.807) is 16.8 Å². The molecular formula is C14H15ClFN3. The third kappa shape index (κ3) is 3.33. The highest BCUT2D eigenvalue weighted by atomic mass is 35.5. The van der Waals surface area contributed by atoms with Gasteiger partial charge in [0.05, 0.1) is 12.7 Å². The van der Waals surface area contributed by atoms with Crippen molar-refractivity contribution >= 4 is 11.6 Å². The quantitative estimate of drug-likeness (QED) is 0.912. The minimum Gasteiger partial charge on any atom is -0.310 e. The van der Waals surface area contributed by atoms with Gasteiger partial charge in [-0.15, -0.1) is 0 Å². The van der Waals surface area contributed by atoms with Crippen LogP contribution in [0.4, 0.5) is 4.39 Å². The van der Waals surface area contributed by atoms with E-state index in [0.29, 0.717) is 23.2 Å². The van der Waals surface area contributed by atoms with E-state index in [0.717, 1.165) is 12.1 Å². The molecule has 1 N–H and O–H groups in total. The average molecular weight is 280 g/mol. The molecule has 1 aromatic carbocycles. The van der Waals surface area contributed by atoms with E-state index in [1.807, 2.05) is 12.4 Å². The second kappa shape index (κ2) is 5.31. The molecule has 3 nitrogen and oxygen atoms in total. The molecule has 0 aliphatic heterocycles. The standard InChI is InChI=1S/C14H15ClFN3/c15-12-2-1-11(14(16)5-12)9-19-8-10(7-18-19)6-17-13-3-4-13/h1-2,5,7-8,13,17H,3-4,6,9H2. The molecule has 5 heteroatoms. The molecule has 0 saturated heterocycles. The van der Waals surface area contributed by atoms with Crippen molar-refractivity contribution in [1.82, 2.24) is 15.1 Å².